The zero-order valence-electron chi connectivity index (χ0n) is 23.6. The van der Waals surface area contributed by atoms with Crippen molar-refractivity contribution in [2.24, 2.45) is 17.6 Å². The highest BCUT2D eigenvalue weighted by Crippen LogP contribution is 2.54. The summed E-state index contributed by atoms with van der Waals surface area (Å²) < 4.78 is 0. The van der Waals surface area contributed by atoms with Gasteiger partial charge in [-0.25, -0.2) is 0 Å². The van der Waals surface area contributed by atoms with Gasteiger partial charge in [-0.1, -0.05) is 6.42 Å². The molecule has 0 radical (unpaired) electrons. The van der Waals surface area contributed by atoms with Crippen LogP contribution in [0.4, 0.5) is 5.69 Å². The monoisotopic (exact) mass is 554 g/mol. The van der Waals surface area contributed by atoms with Crippen LogP contribution in [0, 0.1) is 11.8 Å². The summed E-state index contributed by atoms with van der Waals surface area (Å²) in [6.07, 6.45) is 3.76. The maximum Gasteiger partial charge on any atom is 0.255 e. The predicted molar refractivity (Wildman–Crippen MR) is 148 cm³/mol. The lowest BCUT2D eigenvalue weighted by molar-refractivity contribution is -0.153. The maximum absolute atomic E-state index is 14.0. The summed E-state index contributed by atoms with van der Waals surface area (Å²) in [5.74, 6) is -6.49. The quantitative estimate of drug-likeness (QED) is 0.320. The number of carbonyl (C=O) groups excluding carboxylic acids is 3. The molecule has 0 unspecified atom stereocenters. The van der Waals surface area contributed by atoms with Crippen LogP contribution in [0.15, 0.2) is 23.0 Å². The topological polar surface area (TPSA) is 168 Å². The number of hydrogen-bond donors (Lipinski definition) is 5. The van der Waals surface area contributed by atoms with Crippen LogP contribution in [0.1, 0.15) is 42.4 Å². The molecule has 4 aliphatic carbocycles. The van der Waals surface area contributed by atoms with Crippen molar-refractivity contribution in [2.75, 3.05) is 40.1 Å². The number of phenols is 1. The molecule has 0 aromatic heterocycles. The van der Waals surface area contributed by atoms with Gasteiger partial charge in [0.25, 0.3) is 5.91 Å². The summed E-state index contributed by atoms with van der Waals surface area (Å²) in [5.41, 5.74) is 4.27. The largest absolute Gasteiger partial charge is 0.508 e. The number of ketones is 2. The van der Waals surface area contributed by atoms with E-state index in [1.807, 2.05) is 19.0 Å². The van der Waals surface area contributed by atoms with Gasteiger partial charge in [-0.15, -0.1) is 0 Å². The zero-order valence-corrected chi connectivity index (χ0v) is 23.6. The van der Waals surface area contributed by atoms with Crippen molar-refractivity contribution >= 4 is 28.9 Å². The second-order valence-electron chi connectivity index (χ2n) is 12.1. The van der Waals surface area contributed by atoms with Crippen LogP contribution in [0.5, 0.6) is 5.75 Å². The van der Waals surface area contributed by atoms with E-state index in [1.54, 1.807) is 20.2 Å². The van der Waals surface area contributed by atoms with Crippen LogP contribution in [0.3, 0.4) is 0 Å². The van der Waals surface area contributed by atoms with Gasteiger partial charge >= 0.3 is 0 Å². The highest BCUT2D eigenvalue weighted by Gasteiger charge is 2.64. The number of likely N-dealkylation sites (N-methyl/N-ethyl adjacent to an activating group) is 1. The van der Waals surface area contributed by atoms with E-state index in [2.05, 4.69) is 11.9 Å². The third-order valence-electron chi connectivity index (χ3n) is 9.34. The minimum atomic E-state index is -2.64. The van der Waals surface area contributed by atoms with Gasteiger partial charge in [-0.05, 0) is 69.9 Å². The van der Waals surface area contributed by atoms with E-state index in [9.17, 15) is 34.8 Å². The Labute approximate surface area is 233 Å². The van der Waals surface area contributed by atoms with Crippen LogP contribution in [0.2, 0.25) is 0 Å². The first kappa shape index (κ1) is 28.1. The fourth-order valence-electron chi connectivity index (χ4n) is 7.27. The van der Waals surface area contributed by atoms with Crippen molar-refractivity contribution in [2.45, 2.75) is 56.3 Å². The molecule has 2 saturated carbocycles. The summed E-state index contributed by atoms with van der Waals surface area (Å²) in [6.45, 7) is 0.591. The van der Waals surface area contributed by atoms with E-state index in [0.717, 1.165) is 24.1 Å². The van der Waals surface area contributed by atoms with Gasteiger partial charge in [0, 0.05) is 43.9 Å². The van der Waals surface area contributed by atoms with Crippen LogP contribution in [0.25, 0.3) is 5.76 Å². The fraction of sp³-hybridized carbons (Fsp3) is 0.552. The average molecular weight is 555 g/mol. The summed E-state index contributed by atoms with van der Waals surface area (Å²) in [7, 11) is 8.99. The van der Waals surface area contributed by atoms with Crippen LogP contribution in [-0.4, -0.2) is 101 Å². The SMILES string of the molecule is CN(C)c1c(CN(C)C2CCC2)cc(O)c2c1C[C@H]1C[C@H]3[C@H](N(C)C)C(=O)C(C(N)=O)=C(O)[C@@]3(O)C(=O)C1=C2O. The number of carbonyl (C=O) groups is 3. The Morgan fingerprint density at radius 3 is 2.27 bits per heavy atom. The van der Waals surface area contributed by atoms with E-state index in [4.69, 9.17) is 5.73 Å². The molecule has 0 heterocycles. The number of phenolic OH excluding ortho intramolecular Hbond substituents is 1. The van der Waals surface area contributed by atoms with Crippen LogP contribution >= 0.6 is 0 Å². The van der Waals surface area contributed by atoms with E-state index in [1.165, 1.54) is 11.3 Å². The highest BCUT2D eigenvalue weighted by atomic mass is 16.3. The molecule has 1 aromatic rings. The number of hydrogen-bond acceptors (Lipinski definition) is 10. The molecule has 6 N–H and O–H groups in total. The number of aliphatic hydroxyl groups excluding tert-OH is 2. The Bertz CT molecular complexity index is 1380. The molecule has 0 spiro atoms. The van der Waals surface area contributed by atoms with Crippen LogP contribution < -0.4 is 10.6 Å². The predicted octanol–water partition coefficient (Wildman–Crippen LogP) is 1.01. The second kappa shape index (κ2) is 9.60. The van der Waals surface area contributed by atoms with E-state index < -0.39 is 58.0 Å². The Morgan fingerprint density at radius 2 is 1.75 bits per heavy atom. The van der Waals surface area contributed by atoms with E-state index in [0.29, 0.717) is 18.2 Å². The number of amides is 1. The smallest absolute Gasteiger partial charge is 0.255 e. The molecule has 1 amide bonds. The van der Waals surface area contributed by atoms with Gasteiger partial charge in [0.05, 0.1) is 11.6 Å². The Balaban J connectivity index is 1.68. The zero-order chi connectivity index (χ0) is 29.4. The van der Waals surface area contributed by atoms with Crippen molar-refractivity contribution < 1.29 is 34.8 Å². The number of fused-ring (bicyclic) bond motifs is 3. The molecule has 5 rings (SSSR count). The minimum absolute atomic E-state index is 0.0611. The average Bonchev–Trinajstić information content (AvgIpc) is 2.79. The molecular formula is C29H38N4O7. The molecule has 11 nitrogen and oxygen atoms in total. The van der Waals surface area contributed by atoms with Gasteiger partial charge in [0.1, 0.15) is 22.8 Å². The van der Waals surface area contributed by atoms with Crippen molar-refractivity contribution in [1.29, 1.82) is 0 Å². The third kappa shape index (κ3) is 3.86. The fourth-order valence-corrected chi connectivity index (χ4v) is 7.27. The number of anilines is 1. The van der Waals surface area contributed by atoms with Crippen molar-refractivity contribution in [1.82, 2.24) is 9.80 Å². The molecule has 2 fully saturated rings. The van der Waals surface area contributed by atoms with Gasteiger partial charge in [-0.2, -0.15) is 0 Å². The lowest BCUT2D eigenvalue weighted by Gasteiger charge is -2.50. The first-order chi connectivity index (χ1) is 18.7. The van der Waals surface area contributed by atoms with Crippen molar-refractivity contribution in [3.8, 4) is 5.75 Å². The Morgan fingerprint density at radius 1 is 1.10 bits per heavy atom. The Hall–Kier alpha value is -3.41. The number of Topliss-reactive ketones (excluding diaryl/α,β-unsaturated/α-hetero) is 2. The Kier molecular flexibility index (Phi) is 6.75. The van der Waals surface area contributed by atoms with Gasteiger partial charge in [0.2, 0.25) is 5.78 Å². The molecule has 0 aliphatic heterocycles. The second-order valence-corrected chi connectivity index (χ2v) is 12.1. The normalized spacial score (nSPS) is 28.4. The number of benzene rings is 1. The first-order valence-corrected chi connectivity index (χ1v) is 13.6. The van der Waals surface area contributed by atoms with Crippen molar-refractivity contribution in [3.63, 3.8) is 0 Å². The van der Waals surface area contributed by atoms with Gasteiger partial charge in [-0.3, -0.25) is 24.2 Å². The molecule has 1 aromatic carbocycles. The molecule has 40 heavy (non-hydrogen) atoms. The summed E-state index contributed by atoms with van der Waals surface area (Å²) in [6, 6.07) is 0.969. The molecule has 11 heteroatoms. The molecule has 0 saturated heterocycles. The lowest BCUT2D eigenvalue weighted by Crippen LogP contribution is -2.65. The van der Waals surface area contributed by atoms with E-state index >= 15 is 0 Å². The highest BCUT2D eigenvalue weighted by molar-refractivity contribution is 6.24. The maximum atomic E-state index is 14.0. The number of aliphatic hydroxyl groups is 3. The molecule has 0 bridgehead atoms. The number of primary amides is 1. The number of nitrogens with two attached hydrogens (primary N) is 1. The first-order valence-electron chi connectivity index (χ1n) is 13.6. The van der Waals surface area contributed by atoms with Crippen molar-refractivity contribution in [3.05, 3.63) is 39.7 Å². The molecule has 4 atom stereocenters. The molecular weight excluding hydrogens is 516 g/mol. The van der Waals surface area contributed by atoms with Gasteiger partial charge in [0.15, 0.2) is 11.4 Å². The van der Waals surface area contributed by atoms with Gasteiger partial charge < -0.3 is 31.1 Å². The van der Waals surface area contributed by atoms with Crippen LogP contribution in [-0.2, 0) is 27.3 Å². The number of aromatic hydroxyl groups is 1. The lowest BCUT2D eigenvalue weighted by atomic mass is 9.57. The summed E-state index contributed by atoms with van der Waals surface area (Å²) >= 11 is 0. The number of rotatable bonds is 6. The summed E-state index contributed by atoms with van der Waals surface area (Å²) in [5, 5.41) is 45.4. The minimum Gasteiger partial charge on any atom is -0.508 e. The standard InChI is InChI=1S/C29H38N4O7/c1-31(2)22-14(12-33(5)15-7-6-8-15)11-18(34)20-16(22)9-13-10-17-23(32(3)4)25(36)21(28(30)39)27(38)29(17,40)26(37)19(13)24(20)35/h11,13,15,17,23,34-35,38,40H,6-10,12H2,1-5H3,(H2,30,39)/t13-,17-,23-,29-/m0/s1. The molecule has 4 aliphatic rings. The third-order valence-corrected chi connectivity index (χ3v) is 9.34. The van der Waals surface area contributed by atoms with E-state index in [-0.39, 0.29) is 29.7 Å². The summed E-state index contributed by atoms with van der Waals surface area (Å²) in [4.78, 5) is 45.1. The molecule has 216 valence electrons. The number of nitrogens with zero attached hydrogens (tertiary/aromatic N) is 3.